The Morgan fingerprint density at radius 1 is 1.42 bits per heavy atom. The molecule has 0 radical (unpaired) electrons. The zero-order valence-corrected chi connectivity index (χ0v) is 11.7. The lowest BCUT2D eigenvalue weighted by Gasteiger charge is -2.07. The van der Waals surface area contributed by atoms with Crippen LogP contribution >= 0.6 is 12.4 Å². The van der Waals surface area contributed by atoms with Crippen molar-refractivity contribution in [1.82, 2.24) is 0 Å². The number of carbonyl (C=O) groups excluding carboxylic acids is 1. The van der Waals surface area contributed by atoms with Crippen molar-refractivity contribution in [2.45, 2.75) is 19.8 Å². The largest absolute Gasteiger partial charge is 0.489 e. The molecule has 108 valence electrons. The number of hydrogen-bond donors (Lipinski definition) is 1. The summed E-state index contributed by atoms with van der Waals surface area (Å²) in [4.78, 5) is 11.2. The highest BCUT2D eigenvalue weighted by Gasteiger charge is 2.07. The van der Waals surface area contributed by atoms with Gasteiger partial charge in [0.25, 0.3) is 0 Å². The molecule has 0 bridgehead atoms. The van der Waals surface area contributed by atoms with Gasteiger partial charge in [-0.2, -0.15) is 0 Å². The average molecular weight is 292 g/mol. The molecule has 0 saturated carbocycles. The quantitative estimate of drug-likeness (QED) is 0.781. The van der Waals surface area contributed by atoms with E-state index in [4.69, 9.17) is 15.2 Å². The van der Waals surface area contributed by atoms with Gasteiger partial charge in [-0.05, 0) is 31.0 Å². The topological polar surface area (TPSA) is 61.5 Å². The SMILES string of the molecule is CCOC(=O)CCc1ccc(OCCN)c(F)c1.Cl. The highest BCUT2D eigenvalue weighted by molar-refractivity contribution is 5.85. The molecule has 0 spiro atoms. The molecule has 1 aromatic carbocycles. The number of ether oxygens (including phenoxy) is 2. The van der Waals surface area contributed by atoms with Crippen LogP contribution in [-0.2, 0) is 16.0 Å². The zero-order valence-electron chi connectivity index (χ0n) is 10.9. The monoisotopic (exact) mass is 291 g/mol. The smallest absolute Gasteiger partial charge is 0.306 e. The zero-order chi connectivity index (χ0) is 13.4. The summed E-state index contributed by atoms with van der Waals surface area (Å²) >= 11 is 0. The first-order valence-electron chi connectivity index (χ1n) is 5.94. The molecule has 2 N–H and O–H groups in total. The Kier molecular flexibility index (Phi) is 8.91. The van der Waals surface area contributed by atoms with Crippen molar-refractivity contribution in [3.05, 3.63) is 29.6 Å². The van der Waals surface area contributed by atoms with Crippen molar-refractivity contribution in [3.8, 4) is 5.75 Å². The number of hydrogen-bond acceptors (Lipinski definition) is 4. The molecule has 19 heavy (non-hydrogen) atoms. The fourth-order valence-electron chi connectivity index (χ4n) is 1.47. The number of benzene rings is 1. The third-order valence-corrected chi connectivity index (χ3v) is 2.29. The molecule has 1 rings (SSSR count). The van der Waals surface area contributed by atoms with Crippen LogP contribution in [0.25, 0.3) is 0 Å². The highest BCUT2D eigenvalue weighted by atomic mass is 35.5. The van der Waals surface area contributed by atoms with Crippen LogP contribution in [0, 0.1) is 5.82 Å². The fourth-order valence-corrected chi connectivity index (χ4v) is 1.47. The summed E-state index contributed by atoms with van der Waals surface area (Å²) in [6.45, 7) is 2.73. The number of carbonyl (C=O) groups is 1. The molecule has 0 aliphatic rings. The first-order valence-corrected chi connectivity index (χ1v) is 5.94. The van der Waals surface area contributed by atoms with Gasteiger partial charge in [-0.3, -0.25) is 4.79 Å². The Bertz CT molecular complexity index is 401. The fraction of sp³-hybridized carbons (Fsp3) is 0.462. The average Bonchev–Trinajstić information content (AvgIpc) is 2.35. The van der Waals surface area contributed by atoms with Crippen LogP contribution in [0.15, 0.2) is 18.2 Å². The van der Waals surface area contributed by atoms with Crippen molar-refractivity contribution in [3.63, 3.8) is 0 Å². The summed E-state index contributed by atoms with van der Waals surface area (Å²) < 4.78 is 23.5. The van der Waals surface area contributed by atoms with E-state index in [1.165, 1.54) is 6.07 Å². The molecule has 6 heteroatoms. The number of esters is 1. The van der Waals surface area contributed by atoms with Crippen LogP contribution in [0.3, 0.4) is 0 Å². The predicted octanol–water partition coefficient (Wildman–Crippen LogP) is 2.08. The number of nitrogens with two attached hydrogens (primary N) is 1. The lowest BCUT2D eigenvalue weighted by atomic mass is 10.1. The molecule has 4 nitrogen and oxygen atoms in total. The summed E-state index contributed by atoms with van der Waals surface area (Å²) in [6.07, 6.45) is 0.698. The minimum atomic E-state index is -0.440. The molecule has 0 saturated heterocycles. The first-order chi connectivity index (χ1) is 8.67. The van der Waals surface area contributed by atoms with Gasteiger partial charge in [0, 0.05) is 13.0 Å². The van der Waals surface area contributed by atoms with Gasteiger partial charge in [0.2, 0.25) is 0 Å². The van der Waals surface area contributed by atoms with Gasteiger partial charge in [0.15, 0.2) is 11.6 Å². The van der Waals surface area contributed by atoms with Crippen molar-refractivity contribution >= 4 is 18.4 Å². The molecule has 0 heterocycles. The van der Waals surface area contributed by atoms with E-state index in [2.05, 4.69) is 0 Å². The molecule has 0 aliphatic carbocycles. The molecule has 1 aromatic rings. The van der Waals surface area contributed by atoms with E-state index in [0.29, 0.717) is 19.6 Å². The normalized spacial score (nSPS) is 9.63. The van der Waals surface area contributed by atoms with E-state index in [0.717, 1.165) is 5.56 Å². The van der Waals surface area contributed by atoms with E-state index in [-0.39, 0.29) is 37.2 Å². The van der Waals surface area contributed by atoms with E-state index >= 15 is 0 Å². The molecule has 0 atom stereocenters. The summed E-state index contributed by atoms with van der Waals surface area (Å²) in [5.74, 6) is -0.536. The van der Waals surface area contributed by atoms with E-state index in [1.54, 1.807) is 19.1 Å². The lowest BCUT2D eigenvalue weighted by Crippen LogP contribution is -2.11. The van der Waals surface area contributed by atoms with Gasteiger partial charge in [-0.1, -0.05) is 6.07 Å². The van der Waals surface area contributed by atoms with Crippen molar-refractivity contribution in [2.75, 3.05) is 19.8 Å². The van der Waals surface area contributed by atoms with Crippen molar-refractivity contribution < 1.29 is 18.7 Å². The molecule has 0 aliphatic heterocycles. The van der Waals surface area contributed by atoms with E-state index in [1.807, 2.05) is 0 Å². The van der Waals surface area contributed by atoms with Crippen LogP contribution < -0.4 is 10.5 Å². The second-order valence-corrected chi connectivity index (χ2v) is 3.71. The van der Waals surface area contributed by atoms with Gasteiger partial charge < -0.3 is 15.2 Å². The standard InChI is InChI=1S/C13H18FNO3.ClH/c1-2-17-13(16)6-4-10-3-5-12(11(14)9-10)18-8-7-15;/h3,5,9H,2,4,6-8,15H2,1H3;1H. The second kappa shape index (κ2) is 9.58. The molecular formula is C13H19ClFNO3. The lowest BCUT2D eigenvalue weighted by molar-refractivity contribution is -0.143. The van der Waals surface area contributed by atoms with Gasteiger partial charge in [-0.15, -0.1) is 12.4 Å². The Morgan fingerprint density at radius 2 is 2.16 bits per heavy atom. The molecule has 0 fully saturated rings. The number of aryl methyl sites for hydroxylation is 1. The highest BCUT2D eigenvalue weighted by Crippen LogP contribution is 2.19. The Balaban J connectivity index is 0.00000324. The summed E-state index contributed by atoms with van der Waals surface area (Å²) in [7, 11) is 0. The van der Waals surface area contributed by atoms with Gasteiger partial charge >= 0.3 is 5.97 Å². The summed E-state index contributed by atoms with van der Waals surface area (Å²) in [5, 5.41) is 0. The number of halogens is 2. The van der Waals surface area contributed by atoms with E-state index in [9.17, 15) is 9.18 Å². The third-order valence-electron chi connectivity index (χ3n) is 2.29. The summed E-state index contributed by atoms with van der Waals surface area (Å²) in [5.41, 5.74) is 6.00. The van der Waals surface area contributed by atoms with Crippen molar-refractivity contribution in [2.24, 2.45) is 5.73 Å². The first kappa shape index (κ1) is 17.7. The maximum Gasteiger partial charge on any atom is 0.306 e. The van der Waals surface area contributed by atoms with Gasteiger partial charge in [0.1, 0.15) is 6.61 Å². The molecular weight excluding hydrogens is 273 g/mol. The maximum atomic E-state index is 13.6. The maximum absolute atomic E-state index is 13.6. The molecule has 0 amide bonds. The van der Waals surface area contributed by atoms with Crippen molar-refractivity contribution in [1.29, 1.82) is 0 Å². The second-order valence-electron chi connectivity index (χ2n) is 3.71. The van der Waals surface area contributed by atoms with Crippen LogP contribution in [0.4, 0.5) is 4.39 Å². The molecule has 0 aromatic heterocycles. The van der Waals surface area contributed by atoms with Crippen LogP contribution in [0.1, 0.15) is 18.9 Å². The summed E-state index contributed by atoms with van der Waals surface area (Å²) in [6, 6.07) is 4.64. The van der Waals surface area contributed by atoms with Crippen LogP contribution in [0.2, 0.25) is 0 Å². The van der Waals surface area contributed by atoms with Crippen LogP contribution in [-0.4, -0.2) is 25.7 Å². The van der Waals surface area contributed by atoms with Gasteiger partial charge in [-0.25, -0.2) is 4.39 Å². The minimum Gasteiger partial charge on any atom is -0.489 e. The predicted molar refractivity (Wildman–Crippen MR) is 73.2 cm³/mol. The Morgan fingerprint density at radius 3 is 2.74 bits per heavy atom. The minimum absolute atomic E-state index is 0. The number of rotatable bonds is 7. The van der Waals surface area contributed by atoms with Gasteiger partial charge in [0.05, 0.1) is 6.61 Å². The van der Waals surface area contributed by atoms with E-state index < -0.39 is 5.82 Å². The van der Waals surface area contributed by atoms with Crippen LogP contribution in [0.5, 0.6) is 5.75 Å². The molecule has 0 unspecified atom stereocenters. The third kappa shape index (κ3) is 6.40. The Hall–Kier alpha value is -1.33. The Labute approximate surface area is 118 Å².